The van der Waals surface area contributed by atoms with Crippen LogP contribution in [-0.2, 0) is 0 Å². The van der Waals surface area contributed by atoms with Gasteiger partial charge in [-0.3, -0.25) is 9.58 Å². The molecule has 0 fully saturated rings. The molecule has 5 heteroatoms. The minimum atomic E-state index is -0.662. The standard InChI is InChI=1S/C15H28ClN3O/c1-7-15(6,18(8-2)9-3)14(20)13-12(16)10-17-19(13)11(4)5/h10-11,14,20H,7-9H2,1-6H3. The Bertz CT molecular complexity index is 429. The van der Waals surface area contributed by atoms with Gasteiger partial charge >= 0.3 is 0 Å². The van der Waals surface area contributed by atoms with E-state index >= 15 is 0 Å². The van der Waals surface area contributed by atoms with Crippen LogP contribution in [0.15, 0.2) is 6.20 Å². The average Bonchev–Trinajstić information content (AvgIpc) is 2.80. The first-order valence-electron chi connectivity index (χ1n) is 7.49. The van der Waals surface area contributed by atoms with E-state index in [-0.39, 0.29) is 11.6 Å². The van der Waals surface area contributed by atoms with E-state index in [1.54, 1.807) is 6.20 Å². The maximum atomic E-state index is 11.0. The first-order chi connectivity index (χ1) is 9.33. The molecular formula is C15H28ClN3O. The fraction of sp³-hybridized carbons (Fsp3) is 0.800. The topological polar surface area (TPSA) is 41.3 Å². The molecule has 20 heavy (non-hydrogen) atoms. The molecule has 1 aromatic heterocycles. The molecule has 0 bridgehead atoms. The summed E-state index contributed by atoms with van der Waals surface area (Å²) in [6.45, 7) is 14.3. The molecule has 4 nitrogen and oxygen atoms in total. The summed E-state index contributed by atoms with van der Waals surface area (Å²) < 4.78 is 1.82. The van der Waals surface area contributed by atoms with Gasteiger partial charge in [0.1, 0.15) is 6.10 Å². The molecule has 0 aromatic carbocycles. The van der Waals surface area contributed by atoms with Gasteiger partial charge in [-0.15, -0.1) is 0 Å². The molecule has 0 aliphatic rings. The fourth-order valence-corrected chi connectivity index (χ4v) is 3.08. The number of hydrogen-bond acceptors (Lipinski definition) is 3. The van der Waals surface area contributed by atoms with Crippen LogP contribution in [0.3, 0.4) is 0 Å². The number of aliphatic hydroxyl groups excluding tert-OH is 1. The lowest BCUT2D eigenvalue weighted by Gasteiger charge is -2.43. The minimum absolute atomic E-state index is 0.171. The predicted octanol–water partition coefficient (Wildman–Crippen LogP) is 3.66. The Morgan fingerprint density at radius 2 is 1.90 bits per heavy atom. The Morgan fingerprint density at radius 3 is 2.30 bits per heavy atom. The van der Waals surface area contributed by atoms with Crippen molar-refractivity contribution in [2.45, 2.75) is 65.6 Å². The Hall–Kier alpha value is -0.580. The summed E-state index contributed by atoms with van der Waals surface area (Å²) in [7, 11) is 0. The zero-order valence-electron chi connectivity index (χ0n) is 13.5. The number of nitrogens with zero attached hydrogens (tertiary/aromatic N) is 3. The third-order valence-corrected chi connectivity index (χ3v) is 4.62. The van der Waals surface area contributed by atoms with Crippen LogP contribution in [-0.4, -0.2) is 38.4 Å². The van der Waals surface area contributed by atoms with E-state index < -0.39 is 6.10 Å². The quantitative estimate of drug-likeness (QED) is 0.835. The molecule has 2 atom stereocenters. The van der Waals surface area contributed by atoms with E-state index in [9.17, 15) is 5.11 Å². The fourth-order valence-electron chi connectivity index (χ4n) is 2.85. The summed E-state index contributed by atoms with van der Waals surface area (Å²) in [5.74, 6) is 0. The highest BCUT2D eigenvalue weighted by atomic mass is 35.5. The molecule has 1 heterocycles. The number of hydrogen-bond donors (Lipinski definition) is 1. The lowest BCUT2D eigenvalue weighted by Crippen LogP contribution is -2.50. The van der Waals surface area contributed by atoms with E-state index in [2.05, 4.69) is 37.7 Å². The van der Waals surface area contributed by atoms with Crippen molar-refractivity contribution in [3.63, 3.8) is 0 Å². The summed E-state index contributed by atoms with van der Waals surface area (Å²) in [5, 5.41) is 15.8. The zero-order valence-corrected chi connectivity index (χ0v) is 14.3. The molecule has 0 saturated heterocycles. The summed E-state index contributed by atoms with van der Waals surface area (Å²) in [4.78, 5) is 2.28. The molecular weight excluding hydrogens is 274 g/mol. The average molecular weight is 302 g/mol. The van der Waals surface area contributed by atoms with Gasteiger partial charge in [0, 0.05) is 11.6 Å². The molecule has 0 aliphatic carbocycles. The summed E-state index contributed by atoms with van der Waals surface area (Å²) in [6, 6.07) is 0.171. The Kier molecular flexibility index (Phi) is 6.05. The molecule has 1 N–H and O–H groups in total. The smallest absolute Gasteiger partial charge is 0.115 e. The van der Waals surface area contributed by atoms with Crippen molar-refractivity contribution in [1.82, 2.24) is 14.7 Å². The highest BCUT2D eigenvalue weighted by Crippen LogP contribution is 2.37. The molecule has 1 rings (SSSR count). The van der Waals surface area contributed by atoms with Gasteiger partial charge in [-0.25, -0.2) is 0 Å². The molecule has 2 unspecified atom stereocenters. The van der Waals surface area contributed by atoms with Gasteiger partial charge in [0.05, 0.1) is 16.9 Å². The Balaban J connectivity index is 3.27. The second-order valence-electron chi connectivity index (χ2n) is 5.70. The molecule has 0 saturated carbocycles. The number of halogens is 1. The van der Waals surface area contributed by atoms with Crippen LogP contribution >= 0.6 is 11.6 Å². The van der Waals surface area contributed by atoms with Crippen LogP contribution in [0.1, 0.15) is 65.8 Å². The molecule has 0 amide bonds. The first-order valence-corrected chi connectivity index (χ1v) is 7.87. The van der Waals surface area contributed by atoms with Gasteiger partial charge in [0.25, 0.3) is 0 Å². The van der Waals surface area contributed by atoms with Crippen molar-refractivity contribution in [2.75, 3.05) is 13.1 Å². The molecule has 116 valence electrons. The van der Waals surface area contributed by atoms with Crippen LogP contribution in [0.2, 0.25) is 5.02 Å². The molecule has 1 aromatic rings. The largest absolute Gasteiger partial charge is 0.385 e. The first kappa shape index (κ1) is 17.5. The van der Waals surface area contributed by atoms with E-state index in [0.29, 0.717) is 5.02 Å². The SMILES string of the molecule is CCN(CC)C(C)(CC)C(O)c1c(Cl)cnn1C(C)C. The van der Waals surface area contributed by atoms with Crippen LogP contribution in [0.25, 0.3) is 0 Å². The third kappa shape index (κ3) is 3.02. The predicted molar refractivity (Wildman–Crippen MR) is 84.2 cm³/mol. The van der Waals surface area contributed by atoms with E-state index in [0.717, 1.165) is 25.2 Å². The number of likely N-dealkylation sites (N-methyl/N-ethyl adjacent to an activating group) is 1. The van der Waals surface area contributed by atoms with Crippen molar-refractivity contribution in [2.24, 2.45) is 0 Å². The van der Waals surface area contributed by atoms with E-state index in [1.807, 2.05) is 18.5 Å². The van der Waals surface area contributed by atoms with Gasteiger partial charge in [0.2, 0.25) is 0 Å². The second kappa shape index (κ2) is 6.92. The van der Waals surface area contributed by atoms with Crippen LogP contribution in [0, 0.1) is 0 Å². The van der Waals surface area contributed by atoms with Gasteiger partial charge < -0.3 is 5.11 Å². The lowest BCUT2D eigenvalue weighted by molar-refractivity contribution is -0.0263. The van der Waals surface area contributed by atoms with Gasteiger partial charge in [-0.1, -0.05) is 32.4 Å². The highest BCUT2D eigenvalue weighted by Gasteiger charge is 2.39. The van der Waals surface area contributed by atoms with Gasteiger partial charge in [-0.05, 0) is 40.3 Å². The lowest BCUT2D eigenvalue weighted by atomic mass is 9.87. The van der Waals surface area contributed by atoms with Gasteiger partial charge in [0.15, 0.2) is 0 Å². The number of aromatic nitrogens is 2. The van der Waals surface area contributed by atoms with Crippen LogP contribution < -0.4 is 0 Å². The minimum Gasteiger partial charge on any atom is -0.385 e. The van der Waals surface area contributed by atoms with Crippen molar-refractivity contribution in [3.05, 3.63) is 16.9 Å². The van der Waals surface area contributed by atoms with E-state index in [1.165, 1.54) is 0 Å². The second-order valence-corrected chi connectivity index (χ2v) is 6.11. The normalized spacial score (nSPS) is 16.7. The van der Waals surface area contributed by atoms with Gasteiger partial charge in [-0.2, -0.15) is 5.10 Å². The Labute approximate surface area is 127 Å². The van der Waals surface area contributed by atoms with Crippen molar-refractivity contribution in [3.8, 4) is 0 Å². The number of rotatable bonds is 7. The maximum absolute atomic E-state index is 11.0. The molecule has 0 aliphatic heterocycles. The van der Waals surface area contributed by atoms with Crippen molar-refractivity contribution in [1.29, 1.82) is 0 Å². The summed E-state index contributed by atoms with van der Waals surface area (Å²) in [6.07, 6.45) is 1.80. The van der Waals surface area contributed by atoms with Crippen molar-refractivity contribution < 1.29 is 5.11 Å². The van der Waals surface area contributed by atoms with Crippen LogP contribution in [0.5, 0.6) is 0 Å². The molecule has 0 radical (unpaired) electrons. The Morgan fingerprint density at radius 1 is 1.35 bits per heavy atom. The highest BCUT2D eigenvalue weighted by molar-refractivity contribution is 6.31. The zero-order chi connectivity index (χ0) is 15.5. The summed E-state index contributed by atoms with van der Waals surface area (Å²) >= 11 is 6.28. The third-order valence-electron chi connectivity index (χ3n) is 4.33. The van der Waals surface area contributed by atoms with Crippen LogP contribution in [0.4, 0.5) is 0 Å². The maximum Gasteiger partial charge on any atom is 0.115 e. The van der Waals surface area contributed by atoms with E-state index in [4.69, 9.17) is 11.6 Å². The van der Waals surface area contributed by atoms with Crippen molar-refractivity contribution >= 4 is 11.6 Å². The summed E-state index contributed by atoms with van der Waals surface area (Å²) in [5.41, 5.74) is 0.373. The molecule has 0 spiro atoms. The number of aliphatic hydroxyl groups is 1. The monoisotopic (exact) mass is 301 g/mol.